The van der Waals surface area contributed by atoms with E-state index >= 15 is 0 Å². The van der Waals surface area contributed by atoms with Gasteiger partial charge in [-0.05, 0) is 25.1 Å². The van der Waals surface area contributed by atoms with Crippen molar-refractivity contribution >= 4 is 17.3 Å². The Bertz CT molecular complexity index is 592. The lowest BCUT2D eigenvalue weighted by atomic mass is 10.2. The summed E-state index contributed by atoms with van der Waals surface area (Å²) in [6.45, 7) is 1.86. The Morgan fingerprint density at radius 2 is 2.25 bits per heavy atom. The first-order valence-electron chi connectivity index (χ1n) is 6.36. The highest BCUT2D eigenvalue weighted by Crippen LogP contribution is 2.16. The summed E-state index contributed by atoms with van der Waals surface area (Å²) in [6, 6.07) is 7.16. The van der Waals surface area contributed by atoms with E-state index in [1.54, 1.807) is 36.0 Å². The van der Waals surface area contributed by atoms with Crippen LogP contribution in [0, 0.1) is 0 Å². The van der Waals surface area contributed by atoms with E-state index in [4.69, 9.17) is 5.11 Å². The maximum atomic E-state index is 11.9. The number of hydrogen-bond donors (Lipinski definition) is 3. The van der Waals surface area contributed by atoms with Crippen molar-refractivity contribution in [3.05, 3.63) is 42.2 Å². The van der Waals surface area contributed by atoms with Crippen LogP contribution in [0.5, 0.6) is 0 Å². The van der Waals surface area contributed by atoms with Gasteiger partial charge in [-0.3, -0.25) is 9.48 Å². The Balaban J connectivity index is 2.05. The molecule has 0 bridgehead atoms. The number of rotatable bonds is 5. The van der Waals surface area contributed by atoms with Crippen LogP contribution in [0.25, 0.3) is 0 Å². The number of aromatic nitrogens is 2. The van der Waals surface area contributed by atoms with Crippen molar-refractivity contribution < 1.29 is 9.90 Å². The number of benzene rings is 1. The summed E-state index contributed by atoms with van der Waals surface area (Å²) in [5.74, 6) is -0.208. The SMILES string of the molecule is CC(O)CNC(=O)c1cccc(Nc2cnn(C)c2)c1. The standard InChI is InChI=1S/C14H18N4O2/c1-10(19)7-15-14(20)11-4-3-5-12(6-11)17-13-8-16-18(2)9-13/h3-6,8-10,17,19H,7H2,1-2H3,(H,15,20). The third-order valence-electron chi connectivity index (χ3n) is 2.68. The summed E-state index contributed by atoms with van der Waals surface area (Å²) in [5.41, 5.74) is 2.20. The fraction of sp³-hybridized carbons (Fsp3) is 0.286. The third kappa shape index (κ3) is 3.83. The van der Waals surface area contributed by atoms with Crippen molar-refractivity contribution in [1.29, 1.82) is 0 Å². The van der Waals surface area contributed by atoms with Crippen LogP contribution in [0.1, 0.15) is 17.3 Å². The molecule has 0 aliphatic carbocycles. The molecule has 2 aromatic rings. The lowest BCUT2D eigenvalue weighted by Crippen LogP contribution is -2.30. The predicted molar refractivity (Wildman–Crippen MR) is 76.9 cm³/mol. The van der Waals surface area contributed by atoms with Crippen molar-refractivity contribution in [2.45, 2.75) is 13.0 Å². The summed E-state index contributed by atoms with van der Waals surface area (Å²) >= 11 is 0. The van der Waals surface area contributed by atoms with Gasteiger partial charge in [-0.15, -0.1) is 0 Å². The fourth-order valence-electron chi connectivity index (χ4n) is 1.73. The number of hydrogen-bond acceptors (Lipinski definition) is 4. The van der Waals surface area contributed by atoms with Crippen LogP contribution < -0.4 is 10.6 Å². The Labute approximate surface area is 117 Å². The lowest BCUT2D eigenvalue weighted by molar-refractivity contribution is 0.0924. The molecule has 0 fully saturated rings. The minimum absolute atomic E-state index is 0.208. The lowest BCUT2D eigenvalue weighted by Gasteiger charge is -2.09. The smallest absolute Gasteiger partial charge is 0.251 e. The molecule has 1 atom stereocenters. The molecule has 6 heteroatoms. The number of carbonyl (C=O) groups excluding carboxylic acids is 1. The highest BCUT2D eigenvalue weighted by Gasteiger charge is 2.07. The predicted octanol–water partition coefficient (Wildman–Crippen LogP) is 1.27. The number of amides is 1. The molecule has 20 heavy (non-hydrogen) atoms. The molecule has 3 N–H and O–H groups in total. The van der Waals surface area contributed by atoms with Crippen molar-refractivity contribution in [3.8, 4) is 0 Å². The van der Waals surface area contributed by atoms with Gasteiger partial charge in [0, 0.05) is 31.0 Å². The van der Waals surface area contributed by atoms with Crippen LogP contribution in [-0.2, 0) is 7.05 Å². The van der Waals surface area contributed by atoms with Gasteiger partial charge in [-0.1, -0.05) is 6.07 Å². The number of aliphatic hydroxyl groups excluding tert-OH is 1. The van der Waals surface area contributed by atoms with Gasteiger partial charge in [0.2, 0.25) is 0 Å². The van der Waals surface area contributed by atoms with E-state index < -0.39 is 6.10 Å². The zero-order valence-electron chi connectivity index (χ0n) is 11.5. The molecule has 1 aromatic heterocycles. The molecule has 0 saturated carbocycles. The highest BCUT2D eigenvalue weighted by molar-refractivity contribution is 5.95. The van der Waals surface area contributed by atoms with E-state index in [1.807, 2.05) is 19.3 Å². The number of aliphatic hydroxyl groups is 1. The topological polar surface area (TPSA) is 79.2 Å². The van der Waals surface area contributed by atoms with E-state index in [0.717, 1.165) is 11.4 Å². The van der Waals surface area contributed by atoms with Crippen LogP contribution in [-0.4, -0.2) is 33.4 Å². The van der Waals surface area contributed by atoms with Crippen LogP contribution in [0.3, 0.4) is 0 Å². The Kier molecular flexibility index (Phi) is 4.37. The van der Waals surface area contributed by atoms with Crippen molar-refractivity contribution in [2.24, 2.45) is 7.05 Å². The second-order valence-electron chi connectivity index (χ2n) is 4.67. The van der Waals surface area contributed by atoms with Gasteiger partial charge >= 0.3 is 0 Å². The quantitative estimate of drug-likeness (QED) is 0.767. The summed E-state index contributed by atoms with van der Waals surface area (Å²) in [7, 11) is 1.84. The van der Waals surface area contributed by atoms with Gasteiger partial charge in [0.15, 0.2) is 0 Å². The molecule has 0 radical (unpaired) electrons. The number of nitrogens with zero attached hydrogens (tertiary/aromatic N) is 2. The number of aryl methyl sites for hydroxylation is 1. The number of carbonyl (C=O) groups is 1. The van der Waals surface area contributed by atoms with Crippen LogP contribution in [0.4, 0.5) is 11.4 Å². The van der Waals surface area contributed by atoms with E-state index in [2.05, 4.69) is 15.7 Å². The molecular weight excluding hydrogens is 256 g/mol. The molecule has 1 aromatic carbocycles. The normalized spacial score (nSPS) is 11.9. The summed E-state index contributed by atoms with van der Waals surface area (Å²) in [6.07, 6.45) is 3.00. The van der Waals surface area contributed by atoms with Gasteiger partial charge < -0.3 is 15.7 Å². The second kappa shape index (κ2) is 6.21. The molecule has 0 saturated heterocycles. The van der Waals surface area contributed by atoms with Crippen molar-refractivity contribution in [2.75, 3.05) is 11.9 Å². The monoisotopic (exact) mass is 274 g/mol. The first kappa shape index (κ1) is 14.1. The summed E-state index contributed by atoms with van der Waals surface area (Å²) in [4.78, 5) is 11.9. The molecule has 1 amide bonds. The molecule has 0 spiro atoms. The highest BCUT2D eigenvalue weighted by atomic mass is 16.3. The van der Waals surface area contributed by atoms with Gasteiger partial charge in [0.25, 0.3) is 5.91 Å². The molecule has 2 rings (SSSR count). The Morgan fingerprint density at radius 3 is 2.90 bits per heavy atom. The minimum Gasteiger partial charge on any atom is -0.392 e. The molecule has 0 aliphatic rings. The van der Waals surface area contributed by atoms with E-state index in [0.29, 0.717) is 5.56 Å². The van der Waals surface area contributed by atoms with Crippen LogP contribution in [0.2, 0.25) is 0 Å². The first-order chi connectivity index (χ1) is 9.54. The van der Waals surface area contributed by atoms with E-state index in [-0.39, 0.29) is 12.5 Å². The molecule has 1 unspecified atom stereocenters. The fourth-order valence-corrected chi connectivity index (χ4v) is 1.73. The maximum Gasteiger partial charge on any atom is 0.251 e. The Hall–Kier alpha value is -2.34. The molecular formula is C14H18N4O2. The largest absolute Gasteiger partial charge is 0.392 e. The maximum absolute atomic E-state index is 11.9. The van der Waals surface area contributed by atoms with Gasteiger partial charge in [-0.25, -0.2) is 0 Å². The second-order valence-corrected chi connectivity index (χ2v) is 4.67. The van der Waals surface area contributed by atoms with Crippen LogP contribution >= 0.6 is 0 Å². The molecule has 6 nitrogen and oxygen atoms in total. The molecule has 106 valence electrons. The first-order valence-corrected chi connectivity index (χ1v) is 6.36. The van der Waals surface area contributed by atoms with E-state index in [1.165, 1.54) is 0 Å². The minimum atomic E-state index is -0.560. The Morgan fingerprint density at radius 1 is 1.45 bits per heavy atom. The van der Waals surface area contributed by atoms with Crippen molar-refractivity contribution in [3.63, 3.8) is 0 Å². The van der Waals surface area contributed by atoms with Crippen LogP contribution in [0.15, 0.2) is 36.7 Å². The van der Waals surface area contributed by atoms with E-state index in [9.17, 15) is 4.79 Å². The molecule has 0 aliphatic heterocycles. The summed E-state index contributed by atoms with van der Waals surface area (Å²) < 4.78 is 1.70. The van der Waals surface area contributed by atoms with Gasteiger partial charge in [0.05, 0.1) is 18.0 Å². The number of nitrogens with one attached hydrogen (secondary N) is 2. The van der Waals surface area contributed by atoms with Gasteiger partial charge in [-0.2, -0.15) is 5.10 Å². The zero-order chi connectivity index (χ0) is 14.5. The average Bonchev–Trinajstić information content (AvgIpc) is 2.81. The average molecular weight is 274 g/mol. The summed E-state index contributed by atoms with van der Waals surface area (Å²) in [5, 5.41) is 19.1. The third-order valence-corrected chi connectivity index (χ3v) is 2.68. The number of anilines is 2. The van der Waals surface area contributed by atoms with Crippen molar-refractivity contribution in [1.82, 2.24) is 15.1 Å². The zero-order valence-corrected chi connectivity index (χ0v) is 11.5. The van der Waals surface area contributed by atoms with Gasteiger partial charge in [0.1, 0.15) is 0 Å². The molecule has 1 heterocycles.